The van der Waals surface area contributed by atoms with Crippen LogP contribution in [-0.4, -0.2) is 171 Å². The average molecular weight is 1210 g/mol. The highest BCUT2D eigenvalue weighted by Crippen LogP contribution is 2.47. The maximum absolute atomic E-state index is 15.4. The Labute approximate surface area is 489 Å². The van der Waals surface area contributed by atoms with Crippen molar-refractivity contribution in [3.8, 4) is 11.4 Å². The van der Waals surface area contributed by atoms with Crippen molar-refractivity contribution >= 4 is 69.8 Å². The van der Waals surface area contributed by atoms with Gasteiger partial charge < -0.3 is 87.3 Å². The first-order chi connectivity index (χ1) is 40.4. The summed E-state index contributed by atoms with van der Waals surface area (Å²) < 4.78 is 33.1. The van der Waals surface area contributed by atoms with E-state index in [1.165, 1.54) is 10.6 Å². The molecule has 7 amide bonds. The van der Waals surface area contributed by atoms with E-state index in [1.807, 2.05) is 0 Å². The molecule has 0 radical (unpaired) electrons. The van der Waals surface area contributed by atoms with Crippen LogP contribution in [0.25, 0.3) is 22.3 Å². The van der Waals surface area contributed by atoms with Crippen LogP contribution in [0.5, 0.6) is 0 Å². The van der Waals surface area contributed by atoms with E-state index in [1.54, 1.807) is 57.2 Å². The lowest BCUT2D eigenvalue weighted by molar-refractivity contribution is -0.227. The fourth-order valence-corrected chi connectivity index (χ4v) is 10.9. The summed E-state index contributed by atoms with van der Waals surface area (Å²) in [5.41, 5.74) is 5.43. The normalized spacial score (nSPS) is 21.9. The van der Waals surface area contributed by atoms with Gasteiger partial charge >= 0.3 is 5.97 Å². The van der Waals surface area contributed by atoms with Gasteiger partial charge in [-0.25, -0.2) is 14.2 Å². The Hall–Kier alpha value is -7.54. The van der Waals surface area contributed by atoms with Gasteiger partial charge in [0.05, 0.1) is 84.4 Å². The summed E-state index contributed by atoms with van der Waals surface area (Å²) in [5.74, 6) is -6.46. The first kappa shape index (κ1) is 63.5. The summed E-state index contributed by atoms with van der Waals surface area (Å²) >= 11 is 6.54. The number of halogens is 2. The van der Waals surface area contributed by atoms with E-state index >= 15 is 4.39 Å². The second kappa shape index (κ2) is 26.8. The number of esters is 1. The molecule has 0 saturated carbocycles. The Morgan fingerprint density at radius 1 is 0.894 bits per heavy atom. The largest absolute Gasteiger partial charge is 0.458 e. The molecular weight excluding hydrogens is 1140 g/mol. The number of hydrogen-bond acceptors (Lipinski definition) is 19. The molecule has 14 N–H and O–H groups in total. The summed E-state index contributed by atoms with van der Waals surface area (Å²) in [6.07, 6.45) is -7.01. The van der Waals surface area contributed by atoms with Gasteiger partial charge in [0.25, 0.3) is 5.56 Å². The molecule has 4 aromatic rings. The van der Waals surface area contributed by atoms with Gasteiger partial charge in [-0.3, -0.25) is 38.4 Å². The maximum atomic E-state index is 15.4. The zero-order valence-corrected chi connectivity index (χ0v) is 47.4. The number of carbonyl (C=O) groups excluding carboxylic acids is 8. The molecule has 2 aromatic heterocycles. The number of pyridine rings is 2. The lowest BCUT2D eigenvalue weighted by Gasteiger charge is -2.40. The molecule has 0 bridgehead atoms. The molecule has 1 aliphatic carbocycles. The smallest absolute Gasteiger partial charge is 0.343 e. The van der Waals surface area contributed by atoms with E-state index < -0.39 is 145 Å². The van der Waals surface area contributed by atoms with Crippen molar-refractivity contribution in [1.29, 1.82) is 0 Å². The van der Waals surface area contributed by atoms with Gasteiger partial charge in [-0.1, -0.05) is 48.9 Å². The first-order valence-electron chi connectivity index (χ1n) is 27.5. The van der Waals surface area contributed by atoms with Crippen molar-refractivity contribution < 1.29 is 82.5 Å². The number of amides is 7. The van der Waals surface area contributed by atoms with Crippen LogP contribution in [-0.2, 0) is 84.2 Å². The van der Waals surface area contributed by atoms with E-state index in [0.717, 1.165) is 0 Å². The molecule has 8 rings (SSSR count). The predicted octanol–water partition coefficient (Wildman–Crippen LogP) is -2.77. The second-order valence-electron chi connectivity index (χ2n) is 21.9. The fourth-order valence-electron chi connectivity index (χ4n) is 10.6. The minimum atomic E-state index is -2.08. The third kappa shape index (κ3) is 13.9. The fraction of sp³-hybridized carbons (Fsp3) is 0.500. The minimum Gasteiger partial charge on any atom is -0.458 e. The molecule has 3 aliphatic heterocycles. The average Bonchev–Trinajstić information content (AvgIpc) is 1.67. The number of hydrogen-bond donors (Lipinski definition) is 13. The summed E-state index contributed by atoms with van der Waals surface area (Å²) in [6.45, 7) is 1.21. The molecule has 458 valence electrons. The Morgan fingerprint density at radius 3 is 2.28 bits per heavy atom. The van der Waals surface area contributed by atoms with Crippen LogP contribution in [0, 0.1) is 11.2 Å². The monoisotopic (exact) mass is 1210 g/mol. The quantitative estimate of drug-likeness (QED) is 0.0169. The number of nitrogens with one attached hydrogen (secondary N) is 7. The first-order valence-corrected chi connectivity index (χ1v) is 27.9. The molecule has 9 atom stereocenters. The molecule has 85 heavy (non-hydrogen) atoms. The van der Waals surface area contributed by atoms with E-state index in [2.05, 4.69) is 37.2 Å². The molecule has 29 heteroatoms. The van der Waals surface area contributed by atoms with E-state index in [0.29, 0.717) is 39.0 Å². The Morgan fingerprint density at radius 2 is 1.58 bits per heavy atom. The lowest BCUT2D eigenvalue weighted by Crippen LogP contribution is -2.60. The minimum absolute atomic E-state index is 0.00573. The number of nitrogens with zero attached hydrogens (tertiary/aromatic N) is 2. The Kier molecular flexibility index (Phi) is 20.0. The molecule has 0 unspecified atom stereocenters. The number of cyclic esters (lactones) is 1. The van der Waals surface area contributed by atoms with Crippen LogP contribution in [0.15, 0.2) is 47.3 Å². The van der Waals surface area contributed by atoms with Gasteiger partial charge in [-0.2, -0.15) is 0 Å². The van der Waals surface area contributed by atoms with Crippen LogP contribution in [0.4, 0.5) is 4.39 Å². The number of nitrogens with two attached hydrogens (primary N) is 1. The van der Waals surface area contributed by atoms with Crippen LogP contribution in [0.1, 0.15) is 85.9 Å². The van der Waals surface area contributed by atoms with Crippen molar-refractivity contribution in [3.05, 3.63) is 97.0 Å². The molecule has 2 aromatic carbocycles. The number of rotatable bonds is 24. The molecule has 1 saturated heterocycles. The summed E-state index contributed by atoms with van der Waals surface area (Å²) in [4.78, 5) is 123. The zero-order chi connectivity index (χ0) is 61.7. The van der Waals surface area contributed by atoms with Crippen molar-refractivity contribution in [1.82, 2.24) is 46.8 Å². The number of aliphatic hydroxyl groups is 5. The van der Waals surface area contributed by atoms with Crippen LogP contribution < -0.4 is 48.5 Å². The molecule has 1 fully saturated rings. The van der Waals surface area contributed by atoms with E-state index in [4.69, 9.17) is 36.5 Å². The summed E-state index contributed by atoms with van der Waals surface area (Å²) in [5, 5.41) is 68.9. The van der Waals surface area contributed by atoms with Crippen molar-refractivity contribution in [2.24, 2.45) is 11.1 Å². The number of ether oxygens (including phenoxy) is 3. The van der Waals surface area contributed by atoms with E-state index in [9.17, 15) is 68.7 Å². The third-order valence-corrected chi connectivity index (χ3v) is 15.9. The van der Waals surface area contributed by atoms with Gasteiger partial charge in [-0.15, -0.1) is 0 Å². The number of aromatic nitrogens is 2. The predicted molar refractivity (Wildman–Crippen MR) is 297 cm³/mol. The molecule has 0 spiro atoms. The maximum Gasteiger partial charge on any atom is 0.343 e. The van der Waals surface area contributed by atoms with Gasteiger partial charge in [0, 0.05) is 42.0 Å². The standard InChI is InChI=1S/C56H68ClFN10O17/c1-4-56(82)30-15-36-46-28(21-68(36)52(79)29(30)23-84-54(56)81)44-33(12-10-27-43(44)34(66-46)16-31(58)45(27)57)67-53(80)55(2,3)24-83-25-64-41(72)19-63-51(78)35(14-26-8-6-5-7-9-26)65-42(73)20-61-40(71)18-62-50(77)32(59)11-13-39(70)60-17-37-47(74)49(76)48(75)38(22-69)85-37/h5-9,15-16,32-33,35,37-38,47-49,69,74-76,82H,4,10-14,17-25,59H2,1-3H3,(H,60,70)(H,61,71)(H,62,77)(H,63,78)(H,64,72)(H,65,73)(H,67,80)/t32-,33-,35-,37-,38+,47-,48+,49+,56-/m0/s1. The van der Waals surface area contributed by atoms with Gasteiger partial charge in [0.1, 0.15) is 55.7 Å². The van der Waals surface area contributed by atoms with Crippen LogP contribution >= 0.6 is 11.6 Å². The van der Waals surface area contributed by atoms with Crippen molar-refractivity contribution in [2.45, 2.75) is 127 Å². The number of carbonyl (C=O) groups is 8. The molecular formula is C56H68ClFN10O17. The summed E-state index contributed by atoms with van der Waals surface area (Å²) in [6, 6.07) is 8.20. The Balaban J connectivity index is 0.792. The Bertz CT molecular complexity index is 3330. The number of fused-ring (bicyclic) bond motifs is 5. The number of aliphatic hydroxyl groups excluding tert-OH is 4. The van der Waals surface area contributed by atoms with Crippen LogP contribution in [0.3, 0.4) is 0 Å². The number of aryl methyl sites for hydroxylation is 1. The van der Waals surface area contributed by atoms with Crippen molar-refractivity contribution in [2.75, 3.05) is 46.1 Å². The van der Waals surface area contributed by atoms with Crippen molar-refractivity contribution in [3.63, 3.8) is 0 Å². The lowest BCUT2D eigenvalue weighted by atomic mass is 9.82. The molecule has 5 heterocycles. The highest BCUT2D eigenvalue weighted by molar-refractivity contribution is 6.32. The SMILES string of the molecule is CC[C@@]1(O)C(=O)OCc2c1cc1n(c2=O)Cc2c-1nc1cc(F)c(Cl)c3c1c2[C@@H](NC(=O)C(C)(C)COCNC(=O)CNC(=O)[C@H](Cc1ccccc1)NC(=O)CNC(=O)CNC(=O)[C@@H](N)CCC(=O)NC[C@@H]1O[C@H](CO)[C@@H](O)[C@H](O)[C@H]1O)CC3. The van der Waals surface area contributed by atoms with Gasteiger partial charge in [0.15, 0.2) is 5.60 Å². The number of benzene rings is 2. The third-order valence-electron chi connectivity index (χ3n) is 15.5. The highest BCUT2D eigenvalue weighted by atomic mass is 35.5. The highest BCUT2D eigenvalue weighted by Gasteiger charge is 2.47. The summed E-state index contributed by atoms with van der Waals surface area (Å²) in [7, 11) is 0. The van der Waals surface area contributed by atoms with Gasteiger partial charge in [-0.05, 0) is 62.3 Å². The van der Waals surface area contributed by atoms with Gasteiger partial charge in [0.2, 0.25) is 41.4 Å². The topological polar surface area (TPSA) is 411 Å². The van der Waals surface area contributed by atoms with E-state index in [-0.39, 0.29) is 93.2 Å². The van der Waals surface area contributed by atoms with Crippen LogP contribution in [0.2, 0.25) is 5.02 Å². The molecule has 4 aliphatic rings. The second-order valence-corrected chi connectivity index (χ2v) is 22.3. The molecule has 27 nitrogen and oxygen atoms in total. The zero-order valence-electron chi connectivity index (χ0n) is 46.6.